The molecular weight excluding hydrogens is 312 g/mol. The number of methoxy groups -OCH3 is 1. The van der Waals surface area contributed by atoms with E-state index in [0.717, 1.165) is 17.9 Å². The minimum Gasteiger partial charge on any atom is -0.497 e. The lowest BCUT2D eigenvalue weighted by molar-refractivity contribution is 0.299. The molecule has 6 nitrogen and oxygen atoms in total. The molecule has 0 fully saturated rings. The van der Waals surface area contributed by atoms with Crippen LogP contribution >= 0.6 is 11.8 Å². The number of anilines is 1. The van der Waals surface area contributed by atoms with E-state index < -0.39 is 0 Å². The molecule has 120 valence electrons. The van der Waals surface area contributed by atoms with Gasteiger partial charge in [0, 0.05) is 5.75 Å². The van der Waals surface area contributed by atoms with Crippen LogP contribution < -0.4 is 15.2 Å². The minimum atomic E-state index is 0.154. The van der Waals surface area contributed by atoms with Crippen LogP contribution in [0.15, 0.2) is 29.4 Å². The Morgan fingerprint density at radius 2 is 1.91 bits per heavy atom. The highest BCUT2D eigenvalue weighted by Gasteiger charge is 2.13. The Morgan fingerprint density at radius 3 is 2.52 bits per heavy atom. The first-order valence-electron chi connectivity index (χ1n) is 7.14. The van der Waals surface area contributed by atoms with Gasteiger partial charge >= 0.3 is 0 Å². The van der Waals surface area contributed by atoms with Gasteiger partial charge in [-0.1, -0.05) is 18.7 Å². The Kier molecular flexibility index (Phi) is 6.06. The normalized spacial score (nSPS) is 10.1. The van der Waals surface area contributed by atoms with E-state index in [2.05, 4.69) is 16.9 Å². The zero-order valence-corrected chi connectivity index (χ0v) is 13.9. The SMILES string of the molecule is CCCSc1nc(N)c(C#N)c(COc2ccc(OC)cc2)n1. The van der Waals surface area contributed by atoms with Gasteiger partial charge in [-0.25, -0.2) is 9.97 Å². The number of nitriles is 1. The van der Waals surface area contributed by atoms with Gasteiger partial charge in [-0.05, 0) is 30.7 Å². The minimum absolute atomic E-state index is 0.154. The summed E-state index contributed by atoms with van der Waals surface area (Å²) in [6.45, 7) is 2.23. The zero-order chi connectivity index (χ0) is 16.7. The molecule has 0 amide bonds. The van der Waals surface area contributed by atoms with E-state index in [1.807, 2.05) is 6.07 Å². The van der Waals surface area contributed by atoms with Crippen molar-refractivity contribution in [2.45, 2.75) is 25.1 Å². The molecule has 0 bridgehead atoms. The van der Waals surface area contributed by atoms with Gasteiger partial charge in [-0.15, -0.1) is 0 Å². The van der Waals surface area contributed by atoms with Crippen molar-refractivity contribution in [3.63, 3.8) is 0 Å². The van der Waals surface area contributed by atoms with Crippen LogP contribution in [0.1, 0.15) is 24.6 Å². The molecule has 1 aromatic carbocycles. The number of nitrogens with zero attached hydrogens (tertiary/aromatic N) is 3. The Morgan fingerprint density at radius 1 is 1.22 bits per heavy atom. The molecule has 7 heteroatoms. The third kappa shape index (κ3) is 4.50. The molecule has 23 heavy (non-hydrogen) atoms. The smallest absolute Gasteiger partial charge is 0.189 e. The molecule has 0 spiro atoms. The van der Waals surface area contributed by atoms with Crippen molar-refractivity contribution in [2.75, 3.05) is 18.6 Å². The standard InChI is InChI=1S/C16H18N4O2S/c1-3-8-23-16-19-14(13(9-17)15(18)20-16)10-22-12-6-4-11(21-2)5-7-12/h4-7H,3,8,10H2,1-2H3,(H2,18,19,20). The van der Waals surface area contributed by atoms with E-state index in [0.29, 0.717) is 16.6 Å². The van der Waals surface area contributed by atoms with Crippen molar-refractivity contribution in [3.8, 4) is 17.6 Å². The highest BCUT2D eigenvalue weighted by Crippen LogP contribution is 2.22. The lowest BCUT2D eigenvalue weighted by atomic mass is 10.2. The predicted octanol–water partition coefficient (Wildman–Crippen LogP) is 3.02. The quantitative estimate of drug-likeness (QED) is 0.616. The van der Waals surface area contributed by atoms with Gasteiger partial charge < -0.3 is 15.2 Å². The summed E-state index contributed by atoms with van der Waals surface area (Å²) >= 11 is 1.51. The van der Waals surface area contributed by atoms with Gasteiger partial charge in [0.2, 0.25) is 0 Å². The monoisotopic (exact) mass is 330 g/mol. The van der Waals surface area contributed by atoms with Gasteiger partial charge in [0.05, 0.1) is 7.11 Å². The first-order valence-corrected chi connectivity index (χ1v) is 8.12. The Hall–Kier alpha value is -2.46. The average molecular weight is 330 g/mol. The zero-order valence-electron chi connectivity index (χ0n) is 13.1. The highest BCUT2D eigenvalue weighted by molar-refractivity contribution is 7.99. The molecule has 0 aliphatic rings. The molecule has 1 aromatic heterocycles. The first kappa shape index (κ1) is 16.9. The predicted molar refractivity (Wildman–Crippen MR) is 89.5 cm³/mol. The average Bonchev–Trinajstić information content (AvgIpc) is 2.58. The van der Waals surface area contributed by atoms with E-state index in [-0.39, 0.29) is 18.0 Å². The van der Waals surface area contributed by atoms with Crippen LogP contribution in [0.3, 0.4) is 0 Å². The molecule has 0 aliphatic carbocycles. The lowest BCUT2D eigenvalue weighted by Crippen LogP contribution is -2.08. The summed E-state index contributed by atoms with van der Waals surface area (Å²) in [5, 5.41) is 9.81. The molecule has 0 saturated heterocycles. The van der Waals surface area contributed by atoms with Crippen LogP contribution in [0.5, 0.6) is 11.5 Å². The van der Waals surface area contributed by atoms with Crippen molar-refractivity contribution in [1.82, 2.24) is 9.97 Å². The molecule has 0 aliphatic heterocycles. The summed E-state index contributed by atoms with van der Waals surface area (Å²) in [4.78, 5) is 8.55. The van der Waals surface area contributed by atoms with E-state index >= 15 is 0 Å². The Bertz CT molecular complexity index is 698. The molecule has 2 aromatic rings. The summed E-state index contributed by atoms with van der Waals surface area (Å²) in [5.41, 5.74) is 6.61. The van der Waals surface area contributed by atoms with Crippen molar-refractivity contribution < 1.29 is 9.47 Å². The number of hydrogen-bond donors (Lipinski definition) is 1. The highest BCUT2D eigenvalue weighted by atomic mass is 32.2. The molecule has 0 saturated carbocycles. The topological polar surface area (TPSA) is 94.0 Å². The van der Waals surface area contributed by atoms with Crippen molar-refractivity contribution in [3.05, 3.63) is 35.5 Å². The fourth-order valence-electron chi connectivity index (χ4n) is 1.81. The van der Waals surface area contributed by atoms with E-state index in [1.54, 1.807) is 31.4 Å². The third-order valence-corrected chi connectivity index (χ3v) is 4.03. The van der Waals surface area contributed by atoms with Crippen LogP contribution in [0, 0.1) is 11.3 Å². The maximum absolute atomic E-state index is 9.24. The number of thioether (sulfide) groups is 1. The molecular formula is C16H18N4O2S. The molecule has 2 N–H and O–H groups in total. The summed E-state index contributed by atoms with van der Waals surface area (Å²) in [7, 11) is 1.61. The molecule has 0 radical (unpaired) electrons. The van der Waals surface area contributed by atoms with Crippen LogP contribution in [-0.2, 0) is 6.61 Å². The first-order chi connectivity index (χ1) is 11.2. The number of benzene rings is 1. The van der Waals surface area contributed by atoms with Gasteiger partial charge in [-0.2, -0.15) is 5.26 Å². The van der Waals surface area contributed by atoms with Crippen molar-refractivity contribution in [2.24, 2.45) is 0 Å². The number of nitrogen functional groups attached to an aromatic ring is 1. The van der Waals surface area contributed by atoms with Crippen LogP contribution in [-0.4, -0.2) is 22.8 Å². The number of ether oxygens (including phenoxy) is 2. The molecule has 2 rings (SSSR count). The summed E-state index contributed by atoms with van der Waals surface area (Å²) < 4.78 is 10.8. The van der Waals surface area contributed by atoms with Crippen LogP contribution in [0.25, 0.3) is 0 Å². The largest absolute Gasteiger partial charge is 0.497 e. The van der Waals surface area contributed by atoms with E-state index in [1.165, 1.54) is 11.8 Å². The van der Waals surface area contributed by atoms with Crippen LogP contribution in [0.2, 0.25) is 0 Å². The Balaban J connectivity index is 2.16. The number of rotatable bonds is 7. The van der Waals surface area contributed by atoms with E-state index in [4.69, 9.17) is 15.2 Å². The fourth-order valence-corrected chi connectivity index (χ4v) is 2.54. The fraction of sp³-hybridized carbons (Fsp3) is 0.312. The Labute approximate surface area is 139 Å². The summed E-state index contributed by atoms with van der Waals surface area (Å²) in [6, 6.07) is 9.24. The van der Waals surface area contributed by atoms with E-state index in [9.17, 15) is 5.26 Å². The van der Waals surface area contributed by atoms with Gasteiger partial charge in [-0.3, -0.25) is 0 Å². The lowest BCUT2D eigenvalue weighted by Gasteiger charge is -2.10. The second-order valence-electron chi connectivity index (χ2n) is 4.64. The number of hydrogen-bond acceptors (Lipinski definition) is 7. The maximum atomic E-state index is 9.24. The van der Waals surface area contributed by atoms with Crippen LogP contribution in [0.4, 0.5) is 5.82 Å². The molecule has 0 atom stereocenters. The summed E-state index contributed by atoms with van der Waals surface area (Å²) in [5.74, 6) is 2.49. The number of aromatic nitrogens is 2. The van der Waals surface area contributed by atoms with Gasteiger partial charge in [0.15, 0.2) is 5.16 Å². The van der Waals surface area contributed by atoms with Crippen molar-refractivity contribution in [1.29, 1.82) is 5.26 Å². The summed E-state index contributed by atoms with van der Waals surface area (Å²) in [6.07, 6.45) is 1.01. The second-order valence-corrected chi connectivity index (χ2v) is 5.70. The van der Waals surface area contributed by atoms with Crippen molar-refractivity contribution >= 4 is 17.6 Å². The molecule has 0 unspecified atom stereocenters. The number of nitrogens with two attached hydrogens (primary N) is 1. The molecule has 1 heterocycles. The second kappa shape index (κ2) is 8.25. The van der Waals surface area contributed by atoms with Gasteiger partial charge in [0.1, 0.15) is 41.3 Å². The third-order valence-electron chi connectivity index (χ3n) is 2.97. The van der Waals surface area contributed by atoms with Gasteiger partial charge in [0.25, 0.3) is 0 Å². The maximum Gasteiger partial charge on any atom is 0.189 e.